The Kier molecular flexibility index (Phi) is 8.06. The lowest BCUT2D eigenvalue weighted by Gasteiger charge is -2.22. The van der Waals surface area contributed by atoms with Crippen LogP contribution in [0, 0.1) is 16.0 Å². The number of ether oxygens (including phenoxy) is 1. The van der Waals surface area contributed by atoms with E-state index in [1.54, 1.807) is 0 Å². The Hall–Kier alpha value is -0.790. The van der Waals surface area contributed by atoms with Crippen LogP contribution >= 0.6 is 11.8 Å². The topological polar surface area (TPSA) is 67.6 Å². The van der Waals surface area contributed by atoms with Gasteiger partial charge in [0.05, 0.1) is 17.6 Å². The highest BCUT2D eigenvalue weighted by Crippen LogP contribution is 2.19. The molecule has 1 heterocycles. The third kappa shape index (κ3) is 7.68. The van der Waals surface area contributed by atoms with Gasteiger partial charge in [-0.25, -0.2) is 0 Å². The minimum absolute atomic E-state index is 0.213. The van der Waals surface area contributed by atoms with Crippen LogP contribution in [0.3, 0.4) is 0 Å². The smallest absolute Gasteiger partial charge is 0.263 e. The van der Waals surface area contributed by atoms with E-state index in [0.717, 1.165) is 38.7 Å². The van der Waals surface area contributed by atoms with E-state index in [9.17, 15) is 10.1 Å². The molecule has 6 nitrogen and oxygen atoms in total. The highest BCUT2D eigenvalue weighted by molar-refractivity contribution is 8.02. The zero-order chi connectivity index (χ0) is 15.8. The molecule has 0 bridgehead atoms. The van der Waals surface area contributed by atoms with Gasteiger partial charge in [0.25, 0.3) is 6.20 Å². The summed E-state index contributed by atoms with van der Waals surface area (Å²) in [5.41, 5.74) is 0. The van der Waals surface area contributed by atoms with E-state index < -0.39 is 4.92 Å². The van der Waals surface area contributed by atoms with Gasteiger partial charge in [0.1, 0.15) is 5.03 Å². The maximum absolute atomic E-state index is 10.5. The Balaban J connectivity index is 2.25. The molecule has 0 aromatic heterocycles. The van der Waals surface area contributed by atoms with Crippen molar-refractivity contribution in [1.82, 2.24) is 10.2 Å². The highest BCUT2D eigenvalue weighted by Gasteiger charge is 2.23. The van der Waals surface area contributed by atoms with Crippen LogP contribution in [0.2, 0.25) is 0 Å². The SMILES string of the molecule is CSC(=C[N+](=O)[O-])NC(C)CCN(C)CC1COC(C)C1. The fraction of sp³-hybridized carbons (Fsp3) is 0.857. The molecule has 21 heavy (non-hydrogen) atoms. The van der Waals surface area contributed by atoms with Crippen LogP contribution < -0.4 is 5.32 Å². The summed E-state index contributed by atoms with van der Waals surface area (Å²) in [4.78, 5) is 12.4. The molecular weight excluding hydrogens is 290 g/mol. The molecule has 1 aliphatic heterocycles. The Morgan fingerprint density at radius 3 is 2.90 bits per heavy atom. The van der Waals surface area contributed by atoms with Crippen molar-refractivity contribution >= 4 is 11.8 Å². The summed E-state index contributed by atoms with van der Waals surface area (Å²) in [6, 6.07) is 0.213. The van der Waals surface area contributed by atoms with Crippen LogP contribution in [0.15, 0.2) is 11.2 Å². The second-order valence-corrected chi connectivity index (χ2v) is 6.67. The Bertz CT molecular complexity index is 365. The quantitative estimate of drug-likeness (QED) is 0.519. The monoisotopic (exact) mass is 317 g/mol. The van der Waals surface area contributed by atoms with E-state index in [4.69, 9.17) is 4.74 Å². The van der Waals surface area contributed by atoms with Crippen LogP contribution in [0.25, 0.3) is 0 Å². The largest absolute Gasteiger partial charge is 0.378 e. The van der Waals surface area contributed by atoms with Crippen LogP contribution in [0.1, 0.15) is 26.7 Å². The maximum Gasteiger partial charge on any atom is 0.263 e. The van der Waals surface area contributed by atoms with Crippen LogP contribution in [-0.4, -0.2) is 55.0 Å². The molecule has 3 unspecified atom stereocenters. The molecule has 0 amide bonds. The Labute approximate surface area is 131 Å². The summed E-state index contributed by atoms with van der Waals surface area (Å²) in [7, 11) is 2.12. The summed E-state index contributed by atoms with van der Waals surface area (Å²) in [5.74, 6) is 0.629. The van der Waals surface area contributed by atoms with Gasteiger partial charge in [0, 0.05) is 12.6 Å². The molecule has 122 valence electrons. The predicted molar refractivity (Wildman–Crippen MR) is 86.8 cm³/mol. The average molecular weight is 317 g/mol. The maximum atomic E-state index is 10.5. The van der Waals surface area contributed by atoms with Crippen molar-refractivity contribution in [2.24, 2.45) is 5.92 Å². The Morgan fingerprint density at radius 2 is 2.38 bits per heavy atom. The zero-order valence-corrected chi connectivity index (χ0v) is 14.2. The number of nitrogens with zero attached hydrogens (tertiary/aromatic N) is 2. The molecule has 0 aromatic rings. The van der Waals surface area contributed by atoms with Gasteiger partial charge >= 0.3 is 0 Å². The van der Waals surface area contributed by atoms with Crippen LogP contribution in [0.4, 0.5) is 0 Å². The first-order valence-corrected chi connectivity index (χ1v) is 8.59. The standard InChI is InChI=1S/C14H27N3O3S/c1-11(15-14(21-4)9-17(18)19)5-6-16(3)8-13-7-12(2)20-10-13/h9,11-13,15H,5-8,10H2,1-4H3. The third-order valence-electron chi connectivity index (χ3n) is 3.63. The van der Waals surface area contributed by atoms with Gasteiger partial charge in [0.2, 0.25) is 0 Å². The van der Waals surface area contributed by atoms with E-state index in [2.05, 4.69) is 31.1 Å². The molecule has 7 heteroatoms. The van der Waals surface area contributed by atoms with Gasteiger partial charge in [-0.15, -0.1) is 11.8 Å². The molecule has 1 saturated heterocycles. The van der Waals surface area contributed by atoms with E-state index in [1.807, 2.05) is 6.26 Å². The fourth-order valence-electron chi connectivity index (χ4n) is 2.54. The molecule has 0 saturated carbocycles. The van der Waals surface area contributed by atoms with E-state index in [0.29, 0.717) is 17.1 Å². The summed E-state index contributed by atoms with van der Waals surface area (Å²) >= 11 is 1.37. The summed E-state index contributed by atoms with van der Waals surface area (Å²) in [5, 5.41) is 14.3. The van der Waals surface area contributed by atoms with Gasteiger partial charge in [0.15, 0.2) is 0 Å². The lowest BCUT2D eigenvalue weighted by atomic mass is 10.1. The summed E-state index contributed by atoms with van der Waals surface area (Å²) in [6.07, 6.45) is 5.35. The summed E-state index contributed by atoms with van der Waals surface area (Å²) < 4.78 is 5.58. The normalized spacial score (nSPS) is 24.3. The molecular formula is C14H27N3O3S. The summed E-state index contributed by atoms with van der Waals surface area (Å²) in [6.45, 7) is 7.06. The molecule has 1 rings (SSSR count). The van der Waals surface area contributed by atoms with Crippen molar-refractivity contribution in [3.05, 3.63) is 21.3 Å². The lowest BCUT2D eigenvalue weighted by molar-refractivity contribution is -0.403. The number of rotatable bonds is 9. The number of hydrogen-bond donors (Lipinski definition) is 1. The fourth-order valence-corrected chi connectivity index (χ4v) is 3.05. The van der Waals surface area contributed by atoms with Crippen molar-refractivity contribution in [3.63, 3.8) is 0 Å². The van der Waals surface area contributed by atoms with Crippen molar-refractivity contribution in [2.45, 2.75) is 38.8 Å². The van der Waals surface area contributed by atoms with Crippen LogP contribution in [0.5, 0.6) is 0 Å². The van der Waals surface area contributed by atoms with Crippen molar-refractivity contribution in [2.75, 3.05) is 33.0 Å². The van der Waals surface area contributed by atoms with Crippen molar-refractivity contribution in [1.29, 1.82) is 0 Å². The van der Waals surface area contributed by atoms with Gasteiger partial charge in [-0.1, -0.05) is 0 Å². The second kappa shape index (κ2) is 9.27. The first kappa shape index (κ1) is 18.3. The van der Waals surface area contributed by atoms with E-state index in [1.165, 1.54) is 11.8 Å². The number of nitrogens with one attached hydrogen (secondary N) is 1. The molecule has 0 aliphatic carbocycles. The third-order valence-corrected chi connectivity index (χ3v) is 4.29. The minimum Gasteiger partial charge on any atom is -0.378 e. The number of hydrogen-bond acceptors (Lipinski definition) is 6. The minimum atomic E-state index is -0.418. The number of nitro groups is 1. The van der Waals surface area contributed by atoms with E-state index >= 15 is 0 Å². The zero-order valence-electron chi connectivity index (χ0n) is 13.4. The predicted octanol–water partition coefficient (Wildman–Crippen LogP) is 2.15. The van der Waals surface area contributed by atoms with Gasteiger partial charge in [-0.3, -0.25) is 10.1 Å². The molecule has 1 fully saturated rings. The lowest BCUT2D eigenvalue weighted by Crippen LogP contribution is -2.32. The highest BCUT2D eigenvalue weighted by atomic mass is 32.2. The van der Waals surface area contributed by atoms with Gasteiger partial charge < -0.3 is 15.0 Å². The first-order chi connectivity index (χ1) is 9.90. The van der Waals surface area contributed by atoms with Crippen LogP contribution in [-0.2, 0) is 4.74 Å². The first-order valence-electron chi connectivity index (χ1n) is 7.36. The molecule has 1 aliphatic rings. The molecule has 0 aromatic carbocycles. The van der Waals surface area contributed by atoms with Crippen molar-refractivity contribution < 1.29 is 9.66 Å². The van der Waals surface area contributed by atoms with E-state index in [-0.39, 0.29) is 6.04 Å². The second-order valence-electron chi connectivity index (χ2n) is 5.82. The number of thioether (sulfide) groups is 1. The van der Waals surface area contributed by atoms with Gasteiger partial charge in [-0.05, 0) is 52.5 Å². The van der Waals surface area contributed by atoms with Gasteiger partial charge in [-0.2, -0.15) is 0 Å². The van der Waals surface area contributed by atoms with Crippen molar-refractivity contribution in [3.8, 4) is 0 Å². The molecule has 0 spiro atoms. The average Bonchev–Trinajstić information content (AvgIpc) is 2.80. The Morgan fingerprint density at radius 1 is 1.67 bits per heavy atom. The molecule has 0 radical (unpaired) electrons. The molecule has 1 N–H and O–H groups in total. The molecule has 3 atom stereocenters.